The van der Waals surface area contributed by atoms with Crippen LogP contribution in [0.15, 0.2) is 70.3 Å². The van der Waals surface area contributed by atoms with Crippen LogP contribution in [0.3, 0.4) is 0 Å². The summed E-state index contributed by atoms with van der Waals surface area (Å²) >= 11 is 1.28. The number of halogens is 1. The fraction of sp³-hybridized carbons (Fsp3) is 0.167. The average Bonchev–Trinajstić information content (AvgIpc) is 3.33. The molecule has 4 rings (SSSR count). The highest BCUT2D eigenvalue weighted by Gasteiger charge is 2.15. The molecule has 0 fully saturated rings. The Morgan fingerprint density at radius 1 is 1.09 bits per heavy atom. The lowest BCUT2D eigenvalue weighted by Gasteiger charge is -2.08. The van der Waals surface area contributed by atoms with E-state index in [1.165, 1.54) is 24.8 Å². The van der Waals surface area contributed by atoms with Gasteiger partial charge in [0.1, 0.15) is 10.8 Å². The van der Waals surface area contributed by atoms with Gasteiger partial charge in [0, 0.05) is 24.4 Å². The number of amides is 1. The van der Waals surface area contributed by atoms with E-state index in [-0.39, 0.29) is 17.4 Å². The molecule has 1 amide bonds. The minimum atomic E-state index is -0.459. The molecule has 0 saturated heterocycles. The van der Waals surface area contributed by atoms with Gasteiger partial charge in [-0.3, -0.25) is 9.59 Å². The van der Waals surface area contributed by atoms with Crippen LogP contribution in [0.1, 0.15) is 22.8 Å². The minimum Gasteiger partial charge on any atom is -0.461 e. The van der Waals surface area contributed by atoms with Gasteiger partial charge in [-0.2, -0.15) is 0 Å². The van der Waals surface area contributed by atoms with Crippen molar-refractivity contribution in [2.75, 3.05) is 12.3 Å². The van der Waals surface area contributed by atoms with E-state index < -0.39 is 5.82 Å². The van der Waals surface area contributed by atoms with Gasteiger partial charge in [0.05, 0.1) is 17.5 Å². The lowest BCUT2D eigenvalue weighted by molar-refractivity contribution is -0.118. The van der Waals surface area contributed by atoms with Crippen LogP contribution in [0.5, 0.6) is 0 Å². The molecule has 0 radical (unpaired) electrons. The van der Waals surface area contributed by atoms with Crippen LogP contribution in [0.4, 0.5) is 4.39 Å². The predicted molar refractivity (Wildman–Crippen MR) is 121 cm³/mol. The van der Waals surface area contributed by atoms with Crippen LogP contribution < -0.4 is 5.32 Å². The Hall–Kier alpha value is -3.52. The summed E-state index contributed by atoms with van der Waals surface area (Å²) in [5.74, 6) is 0.257. The number of thioether (sulfide) groups is 1. The molecular weight excluding hydrogens is 429 g/mol. The second-order valence-corrected chi connectivity index (χ2v) is 8.06. The lowest BCUT2D eigenvalue weighted by Crippen LogP contribution is -2.22. The molecule has 0 aliphatic heterocycles. The number of fused-ring (bicyclic) bond motifs is 1. The van der Waals surface area contributed by atoms with E-state index in [1.54, 1.807) is 30.5 Å². The Bertz CT molecular complexity index is 1270. The molecule has 0 bridgehead atoms. The zero-order valence-corrected chi connectivity index (χ0v) is 18.1. The molecule has 0 saturated carbocycles. The molecule has 162 valence electrons. The number of benzene rings is 2. The first kappa shape index (κ1) is 21.7. The van der Waals surface area contributed by atoms with E-state index >= 15 is 0 Å². The van der Waals surface area contributed by atoms with Crippen molar-refractivity contribution in [2.24, 2.45) is 0 Å². The maximum Gasteiger partial charge on any atom is 0.216 e. The molecule has 8 heteroatoms. The summed E-state index contributed by atoms with van der Waals surface area (Å²) in [5.41, 5.74) is 1.49. The first-order chi connectivity index (χ1) is 15.5. The molecule has 0 unspecified atom stereocenters. The van der Waals surface area contributed by atoms with Gasteiger partial charge in [0.2, 0.25) is 5.91 Å². The summed E-state index contributed by atoms with van der Waals surface area (Å²) in [5, 5.41) is 4.12. The number of carbonyl (C=O) groups is 2. The number of nitrogens with one attached hydrogen (secondary N) is 1. The van der Waals surface area contributed by atoms with Crippen molar-refractivity contribution >= 4 is 34.4 Å². The van der Waals surface area contributed by atoms with Gasteiger partial charge in [-0.25, -0.2) is 14.4 Å². The third-order valence-corrected chi connectivity index (χ3v) is 5.78. The van der Waals surface area contributed by atoms with E-state index in [2.05, 4.69) is 15.3 Å². The van der Waals surface area contributed by atoms with Gasteiger partial charge >= 0.3 is 0 Å². The number of hydrogen-bond acceptors (Lipinski definition) is 6. The number of hydrogen-bond donors (Lipinski definition) is 1. The lowest BCUT2D eigenvalue weighted by atomic mass is 10.1. The standard InChI is InChI=1S/C24H20FN3O3S/c1-15(29)26-11-10-16-8-9-17(13-19(16)25)21(30)14-32-24-18-5-2-3-6-20(18)27-23(28-24)22-7-4-12-31-22/h2-9,12-13H,10-11,14H2,1H3,(H,26,29). The van der Waals surface area contributed by atoms with E-state index in [4.69, 9.17) is 4.42 Å². The number of aromatic nitrogens is 2. The third-order valence-electron chi connectivity index (χ3n) is 4.79. The van der Waals surface area contributed by atoms with Gasteiger partial charge in [-0.15, -0.1) is 0 Å². The normalized spacial score (nSPS) is 10.9. The highest BCUT2D eigenvalue weighted by Crippen LogP contribution is 2.29. The van der Waals surface area contributed by atoms with Crippen molar-refractivity contribution in [3.05, 3.63) is 77.8 Å². The summed E-state index contributed by atoms with van der Waals surface area (Å²) in [6.45, 7) is 1.75. The maximum absolute atomic E-state index is 14.4. The van der Waals surface area contributed by atoms with Gasteiger partial charge in [0.15, 0.2) is 17.4 Å². The quantitative estimate of drug-likeness (QED) is 0.239. The summed E-state index contributed by atoms with van der Waals surface area (Å²) in [6, 6.07) is 15.5. The van der Waals surface area contributed by atoms with Crippen molar-refractivity contribution in [1.82, 2.24) is 15.3 Å². The van der Waals surface area contributed by atoms with Crippen molar-refractivity contribution in [1.29, 1.82) is 0 Å². The molecule has 0 aliphatic carbocycles. The first-order valence-corrected chi connectivity index (χ1v) is 11.0. The molecular formula is C24H20FN3O3S. The molecule has 2 aromatic heterocycles. The molecule has 2 aromatic carbocycles. The molecule has 1 N–H and O–H groups in total. The number of rotatable bonds is 8. The molecule has 0 spiro atoms. The van der Waals surface area contributed by atoms with Crippen LogP contribution in [-0.4, -0.2) is 34.0 Å². The van der Waals surface area contributed by atoms with Crippen molar-refractivity contribution in [3.8, 4) is 11.6 Å². The molecule has 0 aliphatic rings. The number of carbonyl (C=O) groups excluding carboxylic acids is 2. The Labute approximate surface area is 188 Å². The molecule has 0 atom stereocenters. The van der Waals surface area contributed by atoms with Crippen molar-refractivity contribution in [2.45, 2.75) is 18.4 Å². The van der Waals surface area contributed by atoms with Crippen LogP contribution >= 0.6 is 11.8 Å². The highest BCUT2D eigenvalue weighted by atomic mass is 32.2. The number of Topliss-reactive ketones (excluding diaryl/α,β-unsaturated/α-hetero) is 1. The number of para-hydroxylation sites is 1. The summed E-state index contributed by atoms with van der Waals surface area (Å²) < 4.78 is 19.8. The van der Waals surface area contributed by atoms with Crippen molar-refractivity contribution in [3.63, 3.8) is 0 Å². The fourth-order valence-corrected chi connectivity index (χ4v) is 4.10. The summed E-state index contributed by atoms with van der Waals surface area (Å²) in [7, 11) is 0. The Morgan fingerprint density at radius 2 is 1.94 bits per heavy atom. The van der Waals surface area contributed by atoms with E-state index in [0.29, 0.717) is 40.7 Å². The maximum atomic E-state index is 14.4. The summed E-state index contributed by atoms with van der Waals surface area (Å²) in [6.07, 6.45) is 1.91. The SMILES string of the molecule is CC(=O)NCCc1ccc(C(=O)CSc2nc(-c3ccco3)nc3ccccc23)cc1F. The molecule has 32 heavy (non-hydrogen) atoms. The Balaban J connectivity index is 1.50. The topological polar surface area (TPSA) is 85.1 Å². The third kappa shape index (κ3) is 5.03. The second-order valence-electron chi connectivity index (χ2n) is 7.10. The Morgan fingerprint density at radius 3 is 2.69 bits per heavy atom. The zero-order valence-electron chi connectivity index (χ0n) is 17.3. The smallest absolute Gasteiger partial charge is 0.216 e. The second kappa shape index (κ2) is 9.74. The largest absolute Gasteiger partial charge is 0.461 e. The zero-order chi connectivity index (χ0) is 22.5. The van der Waals surface area contributed by atoms with Gasteiger partial charge in [-0.05, 0) is 36.2 Å². The van der Waals surface area contributed by atoms with Crippen LogP contribution in [0.2, 0.25) is 0 Å². The van der Waals surface area contributed by atoms with Gasteiger partial charge in [-0.1, -0.05) is 42.1 Å². The minimum absolute atomic E-state index is 0.100. The van der Waals surface area contributed by atoms with Crippen LogP contribution in [-0.2, 0) is 11.2 Å². The van der Waals surface area contributed by atoms with Crippen LogP contribution in [0, 0.1) is 5.82 Å². The first-order valence-electron chi connectivity index (χ1n) is 10.0. The number of ketones is 1. The van der Waals surface area contributed by atoms with Gasteiger partial charge in [0.25, 0.3) is 0 Å². The van der Waals surface area contributed by atoms with E-state index in [9.17, 15) is 14.0 Å². The van der Waals surface area contributed by atoms with Crippen molar-refractivity contribution < 1.29 is 18.4 Å². The summed E-state index contributed by atoms with van der Waals surface area (Å²) in [4.78, 5) is 32.8. The van der Waals surface area contributed by atoms with E-state index in [0.717, 1.165) is 10.9 Å². The molecule has 4 aromatic rings. The number of furan rings is 1. The van der Waals surface area contributed by atoms with E-state index in [1.807, 2.05) is 24.3 Å². The molecule has 2 heterocycles. The predicted octanol–water partition coefficient (Wildman–Crippen LogP) is 4.68. The average molecular weight is 450 g/mol. The molecule has 6 nitrogen and oxygen atoms in total. The Kier molecular flexibility index (Phi) is 6.61. The fourth-order valence-electron chi connectivity index (χ4n) is 3.19. The highest BCUT2D eigenvalue weighted by molar-refractivity contribution is 8.00. The monoisotopic (exact) mass is 449 g/mol. The number of nitrogens with zero attached hydrogens (tertiary/aromatic N) is 2. The van der Waals surface area contributed by atoms with Gasteiger partial charge < -0.3 is 9.73 Å². The van der Waals surface area contributed by atoms with Crippen LogP contribution in [0.25, 0.3) is 22.5 Å².